The molecule has 0 bridgehead atoms. The van der Waals surface area contributed by atoms with E-state index in [9.17, 15) is 4.79 Å². The normalized spacial score (nSPS) is 37.7. The predicted molar refractivity (Wildman–Crippen MR) is 95.5 cm³/mol. The van der Waals surface area contributed by atoms with Crippen LogP contribution in [0, 0.1) is 23.2 Å². The molecule has 0 radical (unpaired) electrons. The molecular formula is C19H36O2Si. The van der Waals surface area contributed by atoms with Gasteiger partial charge in [0, 0.05) is 12.0 Å². The van der Waals surface area contributed by atoms with Crippen LogP contribution in [0.1, 0.15) is 66.7 Å². The van der Waals surface area contributed by atoms with Crippen LogP contribution in [-0.4, -0.2) is 20.7 Å². The third-order valence-electron chi connectivity index (χ3n) is 7.24. The Labute approximate surface area is 138 Å². The number of hydrogen-bond donors (Lipinski definition) is 0. The molecule has 5 atom stereocenters. The average molecular weight is 325 g/mol. The Kier molecular flexibility index (Phi) is 5.00. The molecule has 0 heterocycles. The standard InChI is InChI=1S/C19H36O2Si/c1-14(13-20)15-10-11-16-17(9-8-12-19(15,16)5)21-22(6,7)18(2,3)4/h13-17H,8-12H2,1-7H3/t14-,15-,16+,17+,19-/m1/s1. The molecule has 0 aliphatic heterocycles. The zero-order chi connectivity index (χ0) is 16.8. The van der Waals surface area contributed by atoms with Crippen LogP contribution in [0.2, 0.25) is 18.1 Å². The molecule has 0 saturated heterocycles. The first-order valence-corrected chi connectivity index (χ1v) is 12.1. The molecular weight excluding hydrogens is 288 g/mol. The Balaban J connectivity index is 2.18. The van der Waals surface area contributed by atoms with Gasteiger partial charge in [0.15, 0.2) is 8.32 Å². The van der Waals surface area contributed by atoms with Crippen LogP contribution in [0.3, 0.4) is 0 Å². The van der Waals surface area contributed by atoms with Gasteiger partial charge in [-0.3, -0.25) is 0 Å². The molecule has 2 aliphatic carbocycles. The van der Waals surface area contributed by atoms with Crippen molar-refractivity contribution in [2.24, 2.45) is 23.2 Å². The van der Waals surface area contributed by atoms with E-state index in [4.69, 9.17) is 4.43 Å². The molecule has 2 saturated carbocycles. The van der Waals surface area contributed by atoms with E-state index in [2.05, 4.69) is 47.7 Å². The van der Waals surface area contributed by atoms with E-state index in [0.717, 1.165) is 0 Å². The fourth-order valence-electron chi connectivity index (χ4n) is 4.81. The van der Waals surface area contributed by atoms with Crippen LogP contribution in [-0.2, 0) is 9.22 Å². The Morgan fingerprint density at radius 1 is 1.23 bits per heavy atom. The molecule has 0 spiro atoms. The highest BCUT2D eigenvalue weighted by atomic mass is 28.4. The maximum absolute atomic E-state index is 11.3. The lowest BCUT2D eigenvalue weighted by Crippen LogP contribution is -2.50. The van der Waals surface area contributed by atoms with Crippen molar-refractivity contribution in [3.63, 3.8) is 0 Å². The summed E-state index contributed by atoms with van der Waals surface area (Å²) in [7, 11) is -1.71. The van der Waals surface area contributed by atoms with Crippen molar-refractivity contribution in [2.75, 3.05) is 0 Å². The second kappa shape index (κ2) is 6.05. The van der Waals surface area contributed by atoms with Gasteiger partial charge in [0.1, 0.15) is 6.29 Å². The lowest BCUT2D eigenvalue weighted by atomic mass is 9.62. The highest BCUT2D eigenvalue weighted by Crippen LogP contribution is 2.58. The number of carbonyl (C=O) groups is 1. The number of carbonyl (C=O) groups excluding carboxylic acids is 1. The highest BCUT2D eigenvalue weighted by molar-refractivity contribution is 6.74. The van der Waals surface area contributed by atoms with Crippen molar-refractivity contribution < 1.29 is 9.22 Å². The first-order chi connectivity index (χ1) is 10.0. The molecule has 2 fully saturated rings. The van der Waals surface area contributed by atoms with Gasteiger partial charge in [-0.1, -0.05) is 41.0 Å². The summed E-state index contributed by atoms with van der Waals surface area (Å²) < 4.78 is 6.83. The summed E-state index contributed by atoms with van der Waals surface area (Å²) in [4.78, 5) is 11.3. The van der Waals surface area contributed by atoms with Crippen molar-refractivity contribution in [2.45, 2.75) is 91.0 Å². The maximum Gasteiger partial charge on any atom is 0.192 e. The van der Waals surface area contributed by atoms with Crippen molar-refractivity contribution in [3.8, 4) is 0 Å². The molecule has 22 heavy (non-hydrogen) atoms. The zero-order valence-electron chi connectivity index (χ0n) is 15.7. The number of aldehydes is 1. The van der Waals surface area contributed by atoms with Gasteiger partial charge in [-0.25, -0.2) is 0 Å². The highest BCUT2D eigenvalue weighted by Gasteiger charge is 2.54. The Hall–Kier alpha value is -0.153. The Morgan fingerprint density at radius 2 is 1.86 bits per heavy atom. The summed E-state index contributed by atoms with van der Waals surface area (Å²) >= 11 is 0. The molecule has 3 heteroatoms. The van der Waals surface area contributed by atoms with Crippen molar-refractivity contribution in [1.82, 2.24) is 0 Å². The van der Waals surface area contributed by atoms with Gasteiger partial charge in [0.05, 0.1) is 0 Å². The van der Waals surface area contributed by atoms with Gasteiger partial charge in [0.2, 0.25) is 0 Å². The van der Waals surface area contributed by atoms with Crippen LogP contribution in [0.4, 0.5) is 0 Å². The number of rotatable bonds is 4. The van der Waals surface area contributed by atoms with Gasteiger partial charge in [-0.2, -0.15) is 0 Å². The van der Waals surface area contributed by atoms with Crippen LogP contribution >= 0.6 is 0 Å². The van der Waals surface area contributed by atoms with Crippen molar-refractivity contribution >= 4 is 14.6 Å². The topological polar surface area (TPSA) is 26.3 Å². The molecule has 0 aromatic carbocycles. The average Bonchev–Trinajstić information content (AvgIpc) is 2.74. The second-order valence-corrected chi connectivity index (χ2v) is 14.4. The molecule has 128 valence electrons. The minimum Gasteiger partial charge on any atom is -0.414 e. The fraction of sp³-hybridized carbons (Fsp3) is 0.947. The van der Waals surface area contributed by atoms with E-state index in [-0.39, 0.29) is 11.0 Å². The van der Waals surface area contributed by atoms with Crippen molar-refractivity contribution in [3.05, 3.63) is 0 Å². The van der Waals surface area contributed by atoms with E-state index >= 15 is 0 Å². The SMILES string of the molecule is C[C@H](C=O)[C@H]1CC[C@H]2[C@@H](O[Si](C)(C)C(C)(C)C)CCC[C@]12C. The van der Waals surface area contributed by atoms with Gasteiger partial charge in [0.25, 0.3) is 0 Å². The monoisotopic (exact) mass is 324 g/mol. The van der Waals surface area contributed by atoms with Gasteiger partial charge in [-0.15, -0.1) is 0 Å². The summed E-state index contributed by atoms with van der Waals surface area (Å²) in [6.45, 7) is 16.3. The fourth-order valence-corrected chi connectivity index (χ4v) is 6.21. The molecule has 0 aromatic rings. The van der Waals surface area contributed by atoms with E-state index < -0.39 is 8.32 Å². The predicted octanol–water partition coefficient (Wildman–Crippen LogP) is 5.43. The van der Waals surface area contributed by atoms with Crippen LogP contribution < -0.4 is 0 Å². The molecule has 0 aromatic heterocycles. The summed E-state index contributed by atoms with van der Waals surface area (Å²) in [6.07, 6.45) is 7.80. The minimum absolute atomic E-state index is 0.196. The van der Waals surface area contributed by atoms with E-state index in [1.807, 2.05) is 0 Å². The summed E-state index contributed by atoms with van der Waals surface area (Å²) in [6, 6.07) is 0. The Bertz CT molecular complexity index is 412. The van der Waals surface area contributed by atoms with Gasteiger partial charge in [-0.05, 0) is 61.1 Å². The maximum atomic E-state index is 11.3. The molecule has 0 amide bonds. The first kappa shape index (κ1) is 18.2. The zero-order valence-corrected chi connectivity index (χ0v) is 16.7. The van der Waals surface area contributed by atoms with E-state index in [1.165, 1.54) is 38.4 Å². The van der Waals surface area contributed by atoms with Crippen LogP contribution in [0.25, 0.3) is 0 Å². The molecule has 2 nitrogen and oxygen atoms in total. The quantitative estimate of drug-likeness (QED) is 0.509. The Morgan fingerprint density at radius 3 is 2.41 bits per heavy atom. The van der Waals surface area contributed by atoms with Crippen molar-refractivity contribution in [1.29, 1.82) is 0 Å². The molecule has 2 rings (SSSR count). The van der Waals surface area contributed by atoms with Crippen LogP contribution in [0.5, 0.6) is 0 Å². The third-order valence-corrected chi connectivity index (χ3v) is 11.7. The lowest BCUT2D eigenvalue weighted by Gasteiger charge is -2.49. The lowest BCUT2D eigenvalue weighted by molar-refractivity contribution is -0.114. The summed E-state index contributed by atoms with van der Waals surface area (Å²) in [5.74, 6) is 1.41. The summed E-state index contributed by atoms with van der Waals surface area (Å²) in [5.41, 5.74) is 0.311. The molecule has 0 N–H and O–H groups in total. The van der Waals surface area contributed by atoms with E-state index in [1.54, 1.807) is 0 Å². The van der Waals surface area contributed by atoms with Gasteiger partial charge < -0.3 is 9.22 Å². The summed E-state index contributed by atoms with van der Waals surface area (Å²) in [5, 5.41) is 0.273. The molecule has 0 unspecified atom stereocenters. The number of fused-ring (bicyclic) bond motifs is 1. The third kappa shape index (κ3) is 3.08. The van der Waals surface area contributed by atoms with E-state index in [0.29, 0.717) is 23.4 Å². The minimum atomic E-state index is -1.71. The second-order valence-electron chi connectivity index (χ2n) is 9.60. The molecule has 2 aliphatic rings. The first-order valence-electron chi connectivity index (χ1n) is 9.16. The number of hydrogen-bond acceptors (Lipinski definition) is 2. The van der Waals surface area contributed by atoms with Gasteiger partial charge >= 0.3 is 0 Å². The van der Waals surface area contributed by atoms with Crippen LogP contribution in [0.15, 0.2) is 0 Å². The smallest absolute Gasteiger partial charge is 0.192 e. The largest absolute Gasteiger partial charge is 0.414 e.